The van der Waals surface area contributed by atoms with Crippen LogP contribution in [0.3, 0.4) is 0 Å². The molecule has 0 radical (unpaired) electrons. The predicted octanol–water partition coefficient (Wildman–Crippen LogP) is 5.66. The summed E-state index contributed by atoms with van der Waals surface area (Å²) in [6, 6.07) is 16.3. The molecule has 0 aliphatic rings. The van der Waals surface area contributed by atoms with Crippen LogP contribution >= 0.6 is 0 Å². The van der Waals surface area contributed by atoms with Gasteiger partial charge in [-0.3, -0.25) is 0 Å². The molecule has 0 amide bonds. The Hall–Kier alpha value is -2.16. The summed E-state index contributed by atoms with van der Waals surface area (Å²) in [5.74, 6) is 1.81. The van der Waals surface area contributed by atoms with E-state index >= 15 is 0 Å². The molecule has 0 aliphatic carbocycles. The Balaban J connectivity index is 1.73. The van der Waals surface area contributed by atoms with E-state index in [0.717, 1.165) is 36.8 Å². The first-order chi connectivity index (χ1) is 11.8. The first-order valence-electron chi connectivity index (χ1n) is 8.92. The summed E-state index contributed by atoms with van der Waals surface area (Å²) < 4.78 is 11.1. The zero-order valence-corrected chi connectivity index (χ0v) is 14.9. The lowest BCUT2D eigenvalue weighted by Crippen LogP contribution is -2.01. The Bertz CT molecular complexity index is 581. The van der Waals surface area contributed by atoms with E-state index in [2.05, 4.69) is 24.4 Å². The molecule has 0 saturated carbocycles. The SMILES string of the molecule is CCCCCCCOc1ccc(CNc2ccccc2OC)cc1. The van der Waals surface area contributed by atoms with Crippen molar-refractivity contribution in [3.63, 3.8) is 0 Å². The van der Waals surface area contributed by atoms with Gasteiger partial charge in [-0.2, -0.15) is 0 Å². The first kappa shape index (κ1) is 18.2. The molecule has 0 heterocycles. The number of methoxy groups -OCH3 is 1. The highest BCUT2D eigenvalue weighted by Crippen LogP contribution is 2.24. The summed E-state index contributed by atoms with van der Waals surface area (Å²) in [5, 5.41) is 3.41. The third-order valence-electron chi connectivity index (χ3n) is 4.03. The Morgan fingerprint density at radius 3 is 2.38 bits per heavy atom. The van der Waals surface area contributed by atoms with Crippen LogP contribution in [0.15, 0.2) is 48.5 Å². The van der Waals surface area contributed by atoms with Crippen LogP contribution in [0.4, 0.5) is 5.69 Å². The molecule has 1 N–H and O–H groups in total. The molecular formula is C21H29NO2. The standard InChI is InChI=1S/C21H29NO2/c1-3-4-5-6-9-16-24-19-14-12-18(13-15-19)17-22-20-10-7-8-11-21(20)23-2/h7-8,10-15,22H,3-6,9,16-17H2,1-2H3. The summed E-state index contributed by atoms with van der Waals surface area (Å²) in [6.45, 7) is 3.81. The number of benzene rings is 2. The van der Waals surface area contributed by atoms with Crippen molar-refractivity contribution < 1.29 is 9.47 Å². The fourth-order valence-corrected chi connectivity index (χ4v) is 2.59. The van der Waals surface area contributed by atoms with Gasteiger partial charge in [-0.15, -0.1) is 0 Å². The average molecular weight is 327 g/mol. The molecule has 0 saturated heterocycles. The van der Waals surface area contributed by atoms with E-state index in [4.69, 9.17) is 9.47 Å². The largest absolute Gasteiger partial charge is 0.495 e. The van der Waals surface area contributed by atoms with Crippen LogP contribution < -0.4 is 14.8 Å². The van der Waals surface area contributed by atoms with Gasteiger partial charge in [0.15, 0.2) is 0 Å². The summed E-state index contributed by atoms with van der Waals surface area (Å²) in [7, 11) is 1.69. The van der Waals surface area contributed by atoms with Gasteiger partial charge in [-0.25, -0.2) is 0 Å². The summed E-state index contributed by atoms with van der Waals surface area (Å²) in [4.78, 5) is 0. The van der Waals surface area contributed by atoms with Gasteiger partial charge in [0.1, 0.15) is 11.5 Å². The number of anilines is 1. The van der Waals surface area contributed by atoms with Crippen molar-refractivity contribution in [1.82, 2.24) is 0 Å². The lowest BCUT2D eigenvalue weighted by atomic mass is 10.2. The number of hydrogen-bond donors (Lipinski definition) is 1. The highest BCUT2D eigenvalue weighted by atomic mass is 16.5. The molecule has 0 unspecified atom stereocenters. The van der Waals surface area contributed by atoms with Crippen molar-refractivity contribution in [2.45, 2.75) is 45.6 Å². The van der Waals surface area contributed by atoms with Gasteiger partial charge < -0.3 is 14.8 Å². The number of hydrogen-bond acceptors (Lipinski definition) is 3. The lowest BCUT2D eigenvalue weighted by molar-refractivity contribution is 0.304. The van der Waals surface area contributed by atoms with Gasteiger partial charge in [-0.1, -0.05) is 56.9 Å². The van der Waals surface area contributed by atoms with Gasteiger partial charge in [-0.05, 0) is 36.2 Å². The lowest BCUT2D eigenvalue weighted by Gasteiger charge is -2.11. The summed E-state index contributed by atoms with van der Waals surface area (Å²) in [5.41, 5.74) is 2.23. The van der Waals surface area contributed by atoms with Crippen molar-refractivity contribution >= 4 is 5.69 Å². The quantitative estimate of drug-likeness (QED) is 0.540. The van der Waals surface area contributed by atoms with Crippen LogP contribution in [-0.4, -0.2) is 13.7 Å². The molecule has 24 heavy (non-hydrogen) atoms. The number of rotatable bonds is 11. The van der Waals surface area contributed by atoms with Gasteiger partial charge in [0.2, 0.25) is 0 Å². The van der Waals surface area contributed by atoms with Crippen LogP contribution in [0.1, 0.15) is 44.6 Å². The molecule has 130 valence electrons. The maximum absolute atomic E-state index is 5.80. The molecule has 0 atom stereocenters. The van der Waals surface area contributed by atoms with Crippen molar-refractivity contribution in [3.8, 4) is 11.5 Å². The van der Waals surface area contributed by atoms with E-state index in [0.29, 0.717) is 0 Å². The minimum absolute atomic E-state index is 0.762. The van der Waals surface area contributed by atoms with E-state index < -0.39 is 0 Å². The summed E-state index contributed by atoms with van der Waals surface area (Å²) in [6.07, 6.45) is 6.32. The number of ether oxygens (including phenoxy) is 2. The van der Waals surface area contributed by atoms with Gasteiger partial charge >= 0.3 is 0 Å². The smallest absolute Gasteiger partial charge is 0.141 e. The molecule has 0 aromatic heterocycles. The van der Waals surface area contributed by atoms with Gasteiger partial charge in [0, 0.05) is 6.54 Å². The third kappa shape index (κ3) is 6.15. The summed E-state index contributed by atoms with van der Waals surface area (Å²) >= 11 is 0. The fraction of sp³-hybridized carbons (Fsp3) is 0.429. The van der Waals surface area contributed by atoms with Crippen molar-refractivity contribution in [3.05, 3.63) is 54.1 Å². The molecule has 0 fully saturated rings. The minimum atomic E-state index is 0.762. The predicted molar refractivity (Wildman–Crippen MR) is 101 cm³/mol. The van der Waals surface area contributed by atoms with E-state index in [1.54, 1.807) is 7.11 Å². The van der Waals surface area contributed by atoms with Crippen LogP contribution in [0, 0.1) is 0 Å². The number of nitrogens with one attached hydrogen (secondary N) is 1. The highest BCUT2D eigenvalue weighted by molar-refractivity contribution is 5.56. The minimum Gasteiger partial charge on any atom is -0.495 e. The van der Waals surface area contributed by atoms with Gasteiger partial charge in [0.05, 0.1) is 19.4 Å². The van der Waals surface area contributed by atoms with Crippen molar-refractivity contribution in [1.29, 1.82) is 0 Å². The normalized spacial score (nSPS) is 10.4. The maximum atomic E-state index is 5.80. The van der Waals surface area contributed by atoms with E-state index in [-0.39, 0.29) is 0 Å². The second-order valence-corrected chi connectivity index (χ2v) is 5.96. The van der Waals surface area contributed by atoms with Crippen LogP contribution in [-0.2, 0) is 6.54 Å². The first-order valence-corrected chi connectivity index (χ1v) is 8.92. The Morgan fingerprint density at radius 1 is 0.875 bits per heavy atom. The Morgan fingerprint density at radius 2 is 1.62 bits per heavy atom. The fourth-order valence-electron chi connectivity index (χ4n) is 2.59. The monoisotopic (exact) mass is 327 g/mol. The molecule has 3 heteroatoms. The van der Waals surface area contributed by atoms with E-state index in [9.17, 15) is 0 Å². The molecule has 2 aromatic carbocycles. The topological polar surface area (TPSA) is 30.5 Å². The molecule has 2 rings (SSSR count). The van der Waals surface area contributed by atoms with E-state index in [1.165, 1.54) is 31.2 Å². The van der Waals surface area contributed by atoms with Crippen LogP contribution in [0.2, 0.25) is 0 Å². The molecule has 2 aromatic rings. The van der Waals surface area contributed by atoms with Crippen LogP contribution in [0.25, 0.3) is 0 Å². The molecular weight excluding hydrogens is 298 g/mol. The molecule has 0 aliphatic heterocycles. The second-order valence-electron chi connectivity index (χ2n) is 5.96. The number of para-hydroxylation sites is 2. The Labute approximate surface area is 146 Å². The average Bonchev–Trinajstić information content (AvgIpc) is 2.64. The molecule has 0 spiro atoms. The zero-order valence-electron chi connectivity index (χ0n) is 14.9. The van der Waals surface area contributed by atoms with Gasteiger partial charge in [0.25, 0.3) is 0 Å². The second kappa shape index (κ2) is 10.6. The van der Waals surface area contributed by atoms with E-state index in [1.807, 2.05) is 36.4 Å². The number of unbranched alkanes of at least 4 members (excludes halogenated alkanes) is 4. The highest BCUT2D eigenvalue weighted by Gasteiger charge is 2.01. The zero-order chi connectivity index (χ0) is 17.0. The molecule has 3 nitrogen and oxygen atoms in total. The molecule has 0 bridgehead atoms. The van der Waals surface area contributed by atoms with Crippen LogP contribution in [0.5, 0.6) is 11.5 Å². The third-order valence-corrected chi connectivity index (χ3v) is 4.03. The van der Waals surface area contributed by atoms with Crippen molar-refractivity contribution in [2.75, 3.05) is 19.0 Å². The van der Waals surface area contributed by atoms with Crippen molar-refractivity contribution in [2.24, 2.45) is 0 Å². The Kier molecular flexibility index (Phi) is 8.02. The maximum Gasteiger partial charge on any atom is 0.141 e.